The van der Waals surface area contributed by atoms with Crippen LogP contribution in [0.25, 0.3) is 0 Å². The predicted molar refractivity (Wildman–Crippen MR) is 44.6 cm³/mol. The second kappa shape index (κ2) is 4.15. The number of hydrogen-bond donors (Lipinski definition) is 2. The molecule has 0 radical (unpaired) electrons. The van der Waals surface area contributed by atoms with Crippen molar-refractivity contribution in [2.24, 2.45) is 0 Å². The van der Waals surface area contributed by atoms with Crippen LogP contribution in [0.4, 0.5) is 0 Å². The fraction of sp³-hybridized carbons (Fsp3) is 0.600. The van der Waals surface area contributed by atoms with Crippen LogP contribution in [0.1, 0.15) is 0 Å². The van der Waals surface area contributed by atoms with Crippen LogP contribution in [0.5, 0.6) is 0 Å². The van der Waals surface area contributed by atoms with Crippen molar-refractivity contribution in [3.8, 4) is 0 Å². The molecule has 0 saturated carbocycles. The van der Waals surface area contributed by atoms with Gasteiger partial charge in [0.05, 0.1) is 0 Å². The van der Waals surface area contributed by atoms with E-state index >= 15 is 0 Å². The van der Waals surface area contributed by atoms with Crippen molar-refractivity contribution in [1.82, 2.24) is 4.90 Å². The van der Waals surface area contributed by atoms with Crippen molar-refractivity contribution in [2.75, 3.05) is 19.8 Å². The van der Waals surface area contributed by atoms with Crippen LogP contribution >= 0.6 is 25.3 Å². The number of rotatable bonds is 2. The molecule has 0 spiro atoms. The lowest BCUT2D eigenvalue weighted by molar-refractivity contribution is 0.518. The molecule has 3 heteroatoms. The van der Waals surface area contributed by atoms with Gasteiger partial charge in [0.25, 0.3) is 0 Å². The number of thiol groups is 2. The van der Waals surface area contributed by atoms with E-state index in [9.17, 15) is 0 Å². The Morgan fingerprint density at radius 2 is 2.12 bits per heavy atom. The van der Waals surface area contributed by atoms with E-state index in [2.05, 4.69) is 25.3 Å². The van der Waals surface area contributed by atoms with E-state index in [1.807, 2.05) is 19.0 Å². The highest BCUT2D eigenvalue weighted by molar-refractivity contribution is 7.83. The van der Waals surface area contributed by atoms with Gasteiger partial charge in [0, 0.05) is 25.5 Å². The van der Waals surface area contributed by atoms with Crippen LogP contribution in [0.2, 0.25) is 0 Å². The molecule has 0 aromatic heterocycles. The molecule has 0 atom stereocenters. The average molecular weight is 149 g/mol. The summed E-state index contributed by atoms with van der Waals surface area (Å²) in [5.74, 6) is 0.747. The van der Waals surface area contributed by atoms with E-state index in [0.29, 0.717) is 0 Å². The molecule has 0 amide bonds. The monoisotopic (exact) mass is 149 g/mol. The van der Waals surface area contributed by atoms with Gasteiger partial charge >= 0.3 is 0 Å². The molecule has 0 rings (SSSR count). The Hall–Kier alpha value is 0.240. The third-order valence-electron chi connectivity index (χ3n) is 0.885. The van der Waals surface area contributed by atoms with Gasteiger partial charge in [0.1, 0.15) is 0 Å². The molecule has 0 aliphatic carbocycles. The molecule has 0 N–H and O–H groups in total. The summed E-state index contributed by atoms with van der Waals surface area (Å²) in [5.41, 5.74) is 1.12. The summed E-state index contributed by atoms with van der Waals surface area (Å²) in [6, 6.07) is 0. The molecule has 0 aliphatic heterocycles. The summed E-state index contributed by atoms with van der Waals surface area (Å²) in [7, 11) is 3.94. The van der Waals surface area contributed by atoms with Crippen molar-refractivity contribution in [3.05, 3.63) is 11.1 Å². The first kappa shape index (κ1) is 8.24. The van der Waals surface area contributed by atoms with Gasteiger partial charge in [-0.3, -0.25) is 0 Å². The minimum atomic E-state index is 0.747. The third kappa shape index (κ3) is 2.52. The van der Waals surface area contributed by atoms with Gasteiger partial charge in [-0.25, -0.2) is 0 Å². The molecule has 48 valence electrons. The second-order valence-corrected chi connectivity index (χ2v) is 2.25. The van der Waals surface area contributed by atoms with E-state index < -0.39 is 0 Å². The van der Waals surface area contributed by atoms with Crippen LogP contribution in [-0.2, 0) is 0 Å². The van der Waals surface area contributed by atoms with Gasteiger partial charge in [0.2, 0.25) is 0 Å². The van der Waals surface area contributed by atoms with E-state index in [1.54, 1.807) is 5.41 Å². The summed E-state index contributed by atoms with van der Waals surface area (Å²) < 4.78 is 0. The zero-order chi connectivity index (χ0) is 6.57. The minimum absolute atomic E-state index is 0.747. The molecule has 0 bridgehead atoms. The zero-order valence-electron chi connectivity index (χ0n) is 5.13. The van der Waals surface area contributed by atoms with Crippen LogP contribution in [-0.4, -0.2) is 24.7 Å². The zero-order valence-corrected chi connectivity index (χ0v) is 6.91. The van der Waals surface area contributed by atoms with Crippen LogP contribution in [0.3, 0.4) is 0 Å². The summed E-state index contributed by atoms with van der Waals surface area (Å²) >= 11 is 8.06. The fourth-order valence-corrected chi connectivity index (χ4v) is 1.14. The molecule has 1 nitrogen and oxygen atoms in total. The highest BCUT2D eigenvalue weighted by atomic mass is 32.1. The van der Waals surface area contributed by atoms with Crippen LogP contribution in [0, 0.1) is 0 Å². The number of hydrogen-bond acceptors (Lipinski definition) is 3. The first-order valence-corrected chi connectivity index (χ1v) is 3.48. The summed E-state index contributed by atoms with van der Waals surface area (Å²) in [6.45, 7) is 0. The van der Waals surface area contributed by atoms with Gasteiger partial charge in [-0.2, -0.15) is 12.6 Å². The Bertz CT molecular complexity index is 88.4. The van der Waals surface area contributed by atoms with Crippen molar-refractivity contribution in [1.29, 1.82) is 0 Å². The fourth-order valence-electron chi connectivity index (χ4n) is 0.298. The van der Waals surface area contributed by atoms with Gasteiger partial charge in [0.15, 0.2) is 0 Å². The molecule has 0 fully saturated rings. The Kier molecular flexibility index (Phi) is 4.28. The first-order valence-electron chi connectivity index (χ1n) is 2.33. The summed E-state index contributed by atoms with van der Waals surface area (Å²) in [5, 5.41) is 1.76. The lowest BCUT2D eigenvalue weighted by Crippen LogP contribution is -2.11. The average Bonchev–Trinajstić information content (AvgIpc) is 1.69. The van der Waals surface area contributed by atoms with E-state index in [-0.39, 0.29) is 0 Å². The molecule has 8 heavy (non-hydrogen) atoms. The predicted octanol–water partition coefficient (Wildman–Crippen LogP) is 1.25. The van der Waals surface area contributed by atoms with Gasteiger partial charge in [-0.05, 0) is 5.41 Å². The Labute approximate surface area is 61.6 Å². The lowest BCUT2D eigenvalue weighted by atomic mass is 10.5. The standard InChI is InChI=1S/C5H11NS2/c1-6(2)5(3-7)4-8/h3,7-8H,4H2,1-2H3. The largest absolute Gasteiger partial charge is 0.380 e. The second-order valence-electron chi connectivity index (χ2n) is 1.67. The highest BCUT2D eigenvalue weighted by Gasteiger charge is 1.91. The number of nitrogens with zero attached hydrogens (tertiary/aromatic N) is 1. The van der Waals surface area contributed by atoms with Gasteiger partial charge in [-0.15, -0.1) is 12.6 Å². The Balaban J connectivity index is 3.72. The van der Waals surface area contributed by atoms with Crippen LogP contribution in [0.15, 0.2) is 11.1 Å². The van der Waals surface area contributed by atoms with E-state index in [4.69, 9.17) is 0 Å². The van der Waals surface area contributed by atoms with Crippen molar-refractivity contribution in [2.45, 2.75) is 0 Å². The van der Waals surface area contributed by atoms with E-state index in [1.165, 1.54) is 0 Å². The summed E-state index contributed by atoms with van der Waals surface area (Å²) in [6.07, 6.45) is 0. The van der Waals surface area contributed by atoms with Gasteiger partial charge in [-0.1, -0.05) is 0 Å². The van der Waals surface area contributed by atoms with Crippen molar-refractivity contribution in [3.63, 3.8) is 0 Å². The first-order chi connectivity index (χ1) is 3.72. The maximum atomic E-state index is 4.08. The molecule has 0 aliphatic rings. The SMILES string of the molecule is CN(C)C(=CS)CS. The topological polar surface area (TPSA) is 3.24 Å². The maximum absolute atomic E-state index is 4.08. The van der Waals surface area contributed by atoms with E-state index in [0.717, 1.165) is 11.4 Å². The molecule has 0 saturated heterocycles. The Morgan fingerprint density at radius 1 is 1.62 bits per heavy atom. The molecule has 0 unspecified atom stereocenters. The molecular weight excluding hydrogens is 138 g/mol. The normalized spacial score (nSPS) is 11.8. The van der Waals surface area contributed by atoms with Crippen molar-refractivity contribution < 1.29 is 0 Å². The van der Waals surface area contributed by atoms with Crippen molar-refractivity contribution >= 4 is 25.3 Å². The molecule has 0 heterocycles. The Morgan fingerprint density at radius 3 is 2.12 bits per heavy atom. The maximum Gasteiger partial charge on any atom is 0.0309 e. The lowest BCUT2D eigenvalue weighted by Gasteiger charge is -2.13. The minimum Gasteiger partial charge on any atom is -0.380 e. The quantitative estimate of drug-likeness (QED) is 0.559. The van der Waals surface area contributed by atoms with Gasteiger partial charge < -0.3 is 4.90 Å². The highest BCUT2D eigenvalue weighted by Crippen LogP contribution is 2.00. The summed E-state index contributed by atoms with van der Waals surface area (Å²) in [4.78, 5) is 1.99. The third-order valence-corrected chi connectivity index (χ3v) is 1.51. The smallest absolute Gasteiger partial charge is 0.0309 e. The molecule has 0 aromatic carbocycles. The van der Waals surface area contributed by atoms with Crippen LogP contribution < -0.4 is 0 Å². The molecular formula is C5H11NS2. The molecule has 0 aromatic rings.